The van der Waals surface area contributed by atoms with Crippen LogP contribution in [-0.4, -0.2) is 35.6 Å². The summed E-state index contributed by atoms with van der Waals surface area (Å²) in [5.41, 5.74) is 1.09. The Kier molecular flexibility index (Phi) is 4.45. The SMILES string of the molecule is COc1ccc2c(c1)c(CCC(=O)O)cn2S(=O)(=O)c1cccnc1. The molecule has 0 saturated heterocycles. The molecule has 0 fully saturated rings. The average molecular weight is 360 g/mol. The molecule has 1 N–H and O–H groups in total. The van der Waals surface area contributed by atoms with Crippen molar-refractivity contribution in [2.75, 3.05) is 7.11 Å². The number of aliphatic carboxylic acids is 1. The van der Waals surface area contributed by atoms with Crippen LogP contribution in [0.5, 0.6) is 5.75 Å². The van der Waals surface area contributed by atoms with Gasteiger partial charge in [-0.1, -0.05) is 0 Å². The van der Waals surface area contributed by atoms with E-state index >= 15 is 0 Å². The monoisotopic (exact) mass is 360 g/mol. The van der Waals surface area contributed by atoms with E-state index in [1.165, 1.54) is 31.8 Å². The van der Waals surface area contributed by atoms with Crippen LogP contribution in [0.1, 0.15) is 12.0 Å². The minimum Gasteiger partial charge on any atom is -0.497 e. The fourth-order valence-electron chi connectivity index (χ4n) is 2.63. The van der Waals surface area contributed by atoms with Gasteiger partial charge in [0.1, 0.15) is 10.6 Å². The lowest BCUT2D eigenvalue weighted by Gasteiger charge is -2.07. The summed E-state index contributed by atoms with van der Waals surface area (Å²) in [5, 5.41) is 9.58. The smallest absolute Gasteiger partial charge is 0.303 e. The fourth-order valence-corrected chi connectivity index (χ4v) is 3.98. The molecule has 7 nitrogen and oxygen atoms in total. The molecule has 1 aromatic carbocycles. The highest BCUT2D eigenvalue weighted by atomic mass is 32.2. The predicted octanol–water partition coefficient (Wildman–Crippen LogP) is 2.30. The molecule has 0 atom stereocenters. The Morgan fingerprint density at radius 3 is 2.76 bits per heavy atom. The summed E-state index contributed by atoms with van der Waals surface area (Å²) in [6.07, 6.45) is 4.37. The summed E-state index contributed by atoms with van der Waals surface area (Å²) in [4.78, 5) is 14.8. The number of hydrogen-bond donors (Lipinski definition) is 1. The molecule has 3 aromatic rings. The normalized spacial score (nSPS) is 11.6. The molecule has 0 radical (unpaired) electrons. The van der Waals surface area contributed by atoms with Crippen LogP contribution in [0, 0.1) is 0 Å². The minimum absolute atomic E-state index is 0.0625. The van der Waals surface area contributed by atoms with Crippen LogP contribution in [0.3, 0.4) is 0 Å². The summed E-state index contributed by atoms with van der Waals surface area (Å²) in [5.74, 6) is -0.375. The lowest BCUT2D eigenvalue weighted by atomic mass is 10.1. The van der Waals surface area contributed by atoms with Gasteiger partial charge in [0.25, 0.3) is 10.0 Å². The molecule has 2 heterocycles. The van der Waals surface area contributed by atoms with Crippen molar-refractivity contribution in [1.82, 2.24) is 8.96 Å². The molecule has 0 unspecified atom stereocenters. The highest BCUT2D eigenvalue weighted by molar-refractivity contribution is 7.90. The zero-order chi connectivity index (χ0) is 18.0. The number of carboxylic acids is 1. The van der Waals surface area contributed by atoms with E-state index in [1.54, 1.807) is 24.3 Å². The number of nitrogens with zero attached hydrogens (tertiary/aromatic N) is 2. The van der Waals surface area contributed by atoms with Crippen LogP contribution < -0.4 is 4.74 Å². The van der Waals surface area contributed by atoms with E-state index in [4.69, 9.17) is 9.84 Å². The van der Waals surface area contributed by atoms with Crippen molar-refractivity contribution in [3.8, 4) is 5.75 Å². The summed E-state index contributed by atoms with van der Waals surface area (Å²) < 4.78 is 32.2. The number of aryl methyl sites for hydroxylation is 1. The Bertz CT molecular complexity index is 1030. The van der Waals surface area contributed by atoms with Crippen molar-refractivity contribution in [2.24, 2.45) is 0 Å². The number of carbonyl (C=O) groups is 1. The van der Waals surface area contributed by atoms with Gasteiger partial charge in [0.05, 0.1) is 12.6 Å². The minimum atomic E-state index is -3.84. The maximum Gasteiger partial charge on any atom is 0.303 e. The van der Waals surface area contributed by atoms with E-state index in [9.17, 15) is 13.2 Å². The van der Waals surface area contributed by atoms with Crippen molar-refractivity contribution < 1.29 is 23.1 Å². The number of hydrogen-bond acceptors (Lipinski definition) is 5. The molecule has 0 aliphatic carbocycles. The Hall–Kier alpha value is -2.87. The van der Waals surface area contributed by atoms with Crippen molar-refractivity contribution in [1.29, 1.82) is 0 Å². The first kappa shape index (κ1) is 17.0. The number of fused-ring (bicyclic) bond motifs is 1. The number of benzene rings is 1. The van der Waals surface area contributed by atoms with E-state index < -0.39 is 16.0 Å². The summed E-state index contributed by atoms with van der Waals surface area (Å²) in [6, 6.07) is 8.04. The second-order valence-electron chi connectivity index (χ2n) is 5.42. The third-order valence-electron chi connectivity index (χ3n) is 3.86. The van der Waals surface area contributed by atoms with E-state index in [2.05, 4.69) is 4.98 Å². The summed E-state index contributed by atoms with van der Waals surface area (Å²) in [6.45, 7) is 0. The third kappa shape index (κ3) is 3.20. The number of methoxy groups -OCH3 is 1. The van der Waals surface area contributed by atoms with Gasteiger partial charge in [0.15, 0.2) is 0 Å². The molecule has 8 heteroatoms. The van der Waals surface area contributed by atoms with Crippen molar-refractivity contribution in [3.05, 3.63) is 54.5 Å². The number of carboxylic acid groups (broad SMARTS) is 1. The molecule has 2 aromatic heterocycles. The van der Waals surface area contributed by atoms with Crippen LogP contribution in [-0.2, 0) is 21.2 Å². The van der Waals surface area contributed by atoms with E-state index in [0.717, 1.165) is 3.97 Å². The van der Waals surface area contributed by atoms with Crippen molar-refractivity contribution in [2.45, 2.75) is 17.7 Å². The second kappa shape index (κ2) is 6.56. The molecule has 0 spiro atoms. The number of pyridine rings is 1. The van der Waals surface area contributed by atoms with Crippen LogP contribution in [0.15, 0.2) is 53.8 Å². The van der Waals surface area contributed by atoms with Crippen LogP contribution in [0.2, 0.25) is 0 Å². The van der Waals surface area contributed by atoms with Gasteiger partial charge in [-0.2, -0.15) is 0 Å². The highest BCUT2D eigenvalue weighted by Crippen LogP contribution is 2.29. The fraction of sp³-hybridized carbons (Fsp3) is 0.176. The Balaban J connectivity index is 2.20. The third-order valence-corrected chi connectivity index (χ3v) is 5.52. The van der Waals surface area contributed by atoms with Crippen molar-refractivity contribution >= 4 is 26.9 Å². The lowest BCUT2D eigenvalue weighted by molar-refractivity contribution is -0.136. The van der Waals surface area contributed by atoms with Crippen LogP contribution in [0.25, 0.3) is 10.9 Å². The molecule has 0 bridgehead atoms. The molecular weight excluding hydrogens is 344 g/mol. The molecular formula is C17H16N2O5S. The van der Waals surface area contributed by atoms with Gasteiger partial charge >= 0.3 is 5.97 Å². The van der Waals surface area contributed by atoms with E-state index in [0.29, 0.717) is 22.2 Å². The zero-order valence-electron chi connectivity index (χ0n) is 13.4. The number of rotatable bonds is 6. The van der Waals surface area contributed by atoms with Gasteiger partial charge in [-0.3, -0.25) is 9.78 Å². The highest BCUT2D eigenvalue weighted by Gasteiger charge is 2.22. The maximum absolute atomic E-state index is 12.9. The molecule has 25 heavy (non-hydrogen) atoms. The first-order chi connectivity index (χ1) is 11.9. The quantitative estimate of drug-likeness (QED) is 0.724. The van der Waals surface area contributed by atoms with Gasteiger partial charge in [-0.05, 0) is 42.3 Å². The first-order valence-corrected chi connectivity index (χ1v) is 8.93. The van der Waals surface area contributed by atoms with Gasteiger partial charge < -0.3 is 9.84 Å². The van der Waals surface area contributed by atoms with E-state index in [-0.39, 0.29) is 17.7 Å². The number of ether oxygens (including phenoxy) is 1. The van der Waals surface area contributed by atoms with Gasteiger partial charge in [-0.25, -0.2) is 12.4 Å². The molecule has 0 aliphatic rings. The van der Waals surface area contributed by atoms with Gasteiger partial charge in [0.2, 0.25) is 0 Å². The average Bonchev–Trinajstić information content (AvgIpc) is 2.99. The standard InChI is InChI=1S/C17H16N2O5S/c1-24-13-5-6-16-15(9-13)12(4-7-17(20)21)11-19(16)25(22,23)14-3-2-8-18-10-14/h2-3,5-6,8-11H,4,7H2,1H3,(H,20,21). The number of aromatic nitrogens is 2. The van der Waals surface area contributed by atoms with Gasteiger partial charge in [-0.15, -0.1) is 0 Å². The Labute approximate surface area is 144 Å². The first-order valence-electron chi connectivity index (χ1n) is 7.49. The largest absolute Gasteiger partial charge is 0.497 e. The molecule has 3 rings (SSSR count). The van der Waals surface area contributed by atoms with E-state index in [1.807, 2.05) is 0 Å². The lowest BCUT2D eigenvalue weighted by Crippen LogP contribution is -2.12. The zero-order valence-corrected chi connectivity index (χ0v) is 14.2. The van der Waals surface area contributed by atoms with Crippen LogP contribution in [0.4, 0.5) is 0 Å². The second-order valence-corrected chi connectivity index (χ2v) is 7.24. The van der Waals surface area contributed by atoms with Crippen LogP contribution >= 0.6 is 0 Å². The Morgan fingerprint density at radius 1 is 1.32 bits per heavy atom. The predicted molar refractivity (Wildman–Crippen MR) is 91.3 cm³/mol. The summed E-state index contributed by atoms with van der Waals surface area (Å²) >= 11 is 0. The molecule has 0 amide bonds. The van der Waals surface area contributed by atoms with Crippen molar-refractivity contribution in [3.63, 3.8) is 0 Å². The Morgan fingerprint density at radius 2 is 2.12 bits per heavy atom. The molecule has 130 valence electrons. The molecule has 0 saturated carbocycles. The topological polar surface area (TPSA) is 98.5 Å². The van der Waals surface area contributed by atoms with Gasteiger partial charge in [0, 0.05) is 30.4 Å². The molecule has 0 aliphatic heterocycles. The summed E-state index contributed by atoms with van der Waals surface area (Å²) in [7, 11) is -2.32. The maximum atomic E-state index is 12.9.